The van der Waals surface area contributed by atoms with Gasteiger partial charge in [0.1, 0.15) is 17.8 Å². The van der Waals surface area contributed by atoms with Crippen LogP contribution in [0.15, 0.2) is 29.6 Å². The maximum Gasteiger partial charge on any atom is 0.247 e. The maximum atomic E-state index is 12.9. The van der Waals surface area contributed by atoms with E-state index in [2.05, 4.69) is 41.3 Å². The Morgan fingerprint density at radius 2 is 2.28 bits per heavy atom. The molecule has 0 aromatic carbocycles. The van der Waals surface area contributed by atoms with E-state index in [0.29, 0.717) is 22.6 Å². The lowest BCUT2D eigenvalue weighted by molar-refractivity contribution is -0.117. The molecule has 164 valence electrons. The molecule has 4 heterocycles. The molecular formula is C21H23N9OS. The molecule has 0 fully saturated rings. The molecule has 0 saturated carbocycles. The zero-order chi connectivity index (χ0) is 22.2. The summed E-state index contributed by atoms with van der Waals surface area (Å²) in [6.45, 7) is 1.45. The van der Waals surface area contributed by atoms with Crippen molar-refractivity contribution in [1.29, 1.82) is 5.26 Å². The Kier molecular flexibility index (Phi) is 5.24. The lowest BCUT2D eigenvalue weighted by Crippen LogP contribution is -2.39. The molecule has 4 N–H and O–H groups in total. The number of pyridine rings is 1. The summed E-state index contributed by atoms with van der Waals surface area (Å²) in [5, 5.41) is 20.6. The molecule has 1 aliphatic carbocycles. The first-order valence-corrected chi connectivity index (χ1v) is 11.2. The monoisotopic (exact) mass is 449 g/mol. The Labute approximate surface area is 188 Å². The highest BCUT2D eigenvalue weighted by atomic mass is 32.1. The Bertz CT molecular complexity index is 1250. The molecule has 1 aliphatic heterocycles. The Morgan fingerprint density at radius 3 is 3.06 bits per heavy atom. The van der Waals surface area contributed by atoms with Crippen molar-refractivity contribution in [2.45, 2.75) is 18.9 Å². The second-order valence-electron chi connectivity index (χ2n) is 8.28. The lowest BCUT2D eigenvalue weighted by atomic mass is 10.0. The summed E-state index contributed by atoms with van der Waals surface area (Å²) in [7, 11) is 3.73. The Hall–Kier alpha value is -3.49. The molecule has 2 atom stereocenters. The van der Waals surface area contributed by atoms with Crippen molar-refractivity contribution in [1.82, 2.24) is 24.6 Å². The van der Waals surface area contributed by atoms with Gasteiger partial charge in [0.05, 0.1) is 11.3 Å². The van der Waals surface area contributed by atoms with Gasteiger partial charge < -0.3 is 15.2 Å². The van der Waals surface area contributed by atoms with Crippen LogP contribution in [0.5, 0.6) is 0 Å². The molecule has 3 aromatic rings. The molecule has 0 bridgehead atoms. The molecule has 2 aliphatic rings. The zero-order valence-corrected chi connectivity index (χ0v) is 18.6. The number of nitriles is 1. The van der Waals surface area contributed by atoms with Gasteiger partial charge in [-0.25, -0.2) is 4.98 Å². The highest BCUT2D eigenvalue weighted by Crippen LogP contribution is 2.37. The Balaban J connectivity index is 1.23. The molecule has 0 saturated heterocycles. The van der Waals surface area contributed by atoms with E-state index in [1.807, 2.05) is 26.4 Å². The molecule has 11 heteroatoms. The van der Waals surface area contributed by atoms with Gasteiger partial charge in [0.15, 0.2) is 0 Å². The van der Waals surface area contributed by atoms with Gasteiger partial charge in [0.25, 0.3) is 0 Å². The van der Waals surface area contributed by atoms with Crippen LogP contribution in [0, 0.1) is 17.2 Å². The van der Waals surface area contributed by atoms with Crippen LogP contribution in [0.4, 0.5) is 16.8 Å². The molecule has 0 radical (unpaired) electrons. The third-order valence-corrected chi connectivity index (χ3v) is 6.57. The average Bonchev–Trinajstić information content (AvgIpc) is 3.54. The molecule has 32 heavy (non-hydrogen) atoms. The van der Waals surface area contributed by atoms with Gasteiger partial charge in [0.2, 0.25) is 17.0 Å². The quantitative estimate of drug-likeness (QED) is 0.420. The fraction of sp³-hybridized carbons (Fsp3) is 0.381. The van der Waals surface area contributed by atoms with Crippen molar-refractivity contribution in [2.75, 3.05) is 42.7 Å². The van der Waals surface area contributed by atoms with E-state index in [1.54, 1.807) is 11.1 Å². The van der Waals surface area contributed by atoms with Crippen LogP contribution in [0.3, 0.4) is 0 Å². The molecule has 0 unspecified atom stereocenters. The molecule has 3 aromatic heterocycles. The standard InChI is InChI=1S/C21H23N9OS/c1-30(2)20-28-21(32-29-20)27-19(31)17-15-6-11(5-12(15)9-25-17)8-24-16-13(7-22)10-26-18-14(16)3-4-23-18/h3-4,10-11,17,25H,5-6,8-9H2,1-2H3,(H2,23,24,26)(H,27,28,29,31)/t11-,17-/m0/s1. The van der Waals surface area contributed by atoms with Crippen LogP contribution in [-0.4, -0.2) is 58.5 Å². The number of carbonyl (C=O) groups excluding carboxylic acids is 1. The third kappa shape index (κ3) is 3.68. The van der Waals surface area contributed by atoms with Crippen LogP contribution in [0.2, 0.25) is 0 Å². The fourth-order valence-corrected chi connectivity index (χ4v) is 5.05. The van der Waals surface area contributed by atoms with Crippen LogP contribution < -0.4 is 20.9 Å². The normalized spacial score (nSPS) is 19.8. The third-order valence-electron chi connectivity index (χ3n) is 5.95. The first kappa shape index (κ1) is 20.4. The molecule has 1 amide bonds. The summed E-state index contributed by atoms with van der Waals surface area (Å²) >= 11 is 1.18. The predicted octanol–water partition coefficient (Wildman–Crippen LogP) is 2.08. The van der Waals surface area contributed by atoms with E-state index in [-0.39, 0.29) is 11.9 Å². The van der Waals surface area contributed by atoms with Crippen LogP contribution in [0.1, 0.15) is 18.4 Å². The minimum absolute atomic E-state index is 0.0972. The van der Waals surface area contributed by atoms with Crippen molar-refractivity contribution in [3.63, 3.8) is 0 Å². The Morgan fingerprint density at radius 1 is 1.41 bits per heavy atom. The first-order valence-electron chi connectivity index (χ1n) is 10.4. The molecular weight excluding hydrogens is 426 g/mol. The van der Waals surface area contributed by atoms with Crippen LogP contribution >= 0.6 is 11.5 Å². The predicted molar refractivity (Wildman–Crippen MR) is 124 cm³/mol. The highest BCUT2D eigenvalue weighted by Gasteiger charge is 2.37. The van der Waals surface area contributed by atoms with E-state index in [9.17, 15) is 10.1 Å². The summed E-state index contributed by atoms with van der Waals surface area (Å²) in [4.78, 5) is 26.4. The van der Waals surface area contributed by atoms with Gasteiger partial charge in [-0.15, -0.1) is 0 Å². The van der Waals surface area contributed by atoms with E-state index in [1.165, 1.54) is 22.7 Å². The van der Waals surface area contributed by atoms with E-state index >= 15 is 0 Å². The summed E-state index contributed by atoms with van der Waals surface area (Å²) in [6, 6.07) is 3.81. The number of H-pyrrole nitrogens is 1. The SMILES string of the molecule is CN(C)c1nsc(NC(=O)[C@H]2NCC3=C2C[C@@H](CNc2c(C#N)cnc4[nH]ccc24)C3)n1. The maximum absolute atomic E-state index is 12.9. The minimum atomic E-state index is -0.339. The van der Waals surface area contributed by atoms with Gasteiger partial charge in [-0.1, -0.05) is 5.57 Å². The smallest absolute Gasteiger partial charge is 0.247 e. The van der Waals surface area contributed by atoms with Crippen molar-refractivity contribution < 1.29 is 4.79 Å². The number of amides is 1. The average molecular weight is 450 g/mol. The largest absolute Gasteiger partial charge is 0.383 e. The number of rotatable bonds is 6. The highest BCUT2D eigenvalue weighted by molar-refractivity contribution is 7.10. The topological polar surface area (TPSA) is 135 Å². The summed E-state index contributed by atoms with van der Waals surface area (Å²) in [5.74, 6) is 0.856. The van der Waals surface area contributed by atoms with Gasteiger partial charge in [-0.3, -0.25) is 15.4 Å². The van der Waals surface area contributed by atoms with Crippen molar-refractivity contribution in [2.24, 2.45) is 5.92 Å². The van der Waals surface area contributed by atoms with E-state index in [4.69, 9.17) is 0 Å². The molecule has 0 spiro atoms. The second-order valence-corrected chi connectivity index (χ2v) is 9.03. The number of carbonyl (C=O) groups is 1. The number of aromatic amines is 1. The second kappa shape index (κ2) is 8.22. The van der Waals surface area contributed by atoms with E-state index < -0.39 is 0 Å². The summed E-state index contributed by atoms with van der Waals surface area (Å²) < 4.78 is 4.23. The van der Waals surface area contributed by atoms with Crippen molar-refractivity contribution in [3.8, 4) is 6.07 Å². The lowest BCUT2D eigenvalue weighted by Gasteiger charge is -2.18. The number of nitrogens with zero attached hydrogens (tertiary/aromatic N) is 5. The summed E-state index contributed by atoms with van der Waals surface area (Å²) in [5.41, 5.74) is 4.59. The van der Waals surface area contributed by atoms with Crippen molar-refractivity contribution >= 4 is 45.2 Å². The number of fused-ring (bicyclic) bond motifs is 1. The van der Waals surface area contributed by atoms with Gasteiger partial charge in [0, 0.05) is 56.5 Å². The minimum Gasteiger partial charge on any atom is -0.383 e. The fourth-order valence-electron chi connectivity index (χ4n) is 4.41. The van der Waals surface area contributed by atoms with Crippen molar-refractivity contribution in [3.05, 3.63) is 35.2 Å². The number of anilines is 3. The molecule has 10 nitrogen and oxygen atoms in total. The first-order chi connectivity index (χ1) is 15.5. The number of aromatic nitrogens is 4. The number of hydrogen-bond donors (Lipinski definition) is 4. The number of hydrogen-bond acceptors (Lipinski definition) is 9. The number of nitrogens with one attached hydrogen (secondary N) is 4. The van der Waals surface area contributed by atoms with Gasteiger partial charge in [-0.05, 0) is 30.4 Å². The van der Waals surface area contributed by atoms with Gasteiger partial charge in [-0.2, -0.15) is 14.6 Å². The van der Waals surface area contributed by atoms with Crippen LogP contribution in [0.25, 0.3) is 11.0 Å². The zero-order valence-electron chi connectivity index (χ0n) is 17.8. The van der Waals surface area contributed by atoms with E-state index in [0.717, 1.165) is 42.7 Å². The molecule has 5 rings (SSSR count). The van der Waals surface area contributed by atoms with Crippen LogP contribution in [-0.2, 0) is 4.79 Å². The summed E-state index contributed by atoms with van der Waals surface area (Å²) in [6.07, 6.45) is 5.19. The van der Waals surface area contributed by atoms with Gasteiger partial charge >= 0.3 is 0 Å².